The van der Waals surface area contributed by atoms with E-state index in [1.807, 2.05) is 0 Å². The van der Waals surface area contributed by atoms with Crippen molar-refractivity contribution in [2.75, 3.05) is 0 Å². The van der Waals surface area contributed by atoms with Crippen LogP contribution in [-0.2, 0) is 11.3 Å². The second-order valence-electron chi connectivity index (χ2n) is 2.76. The molecule has 1 rings (SSSR count). The van der Waals surface area contributed by atoms with Crippen molar-refractivity contribution < 1.29 is 9.72 Å². The van der Waals surface area contributed by atoms with Gasteiger partial charge < -0.3 is 9.36 Å². The Balaban J connectivity index is 3.18. The van der Waals surface area contributed by atoms with Crippen LogP contribution in [0.25, 0.3) is 0 Å². The van der Waals surface area contributed by atoms with Crippen LogP contribution >= 0.6 is 15.9 Å². The van der Waals surface area contributed by atoms with Gasteiger partial charge in [-0.2, -0.15) is 0 Å². The molecule has 0 amide bonds. The Labute approximate surface area is 92.8 Å². The molecule has 1 heterocycles. The summed E-state index contributed by atoms with van der Waals surface area (Å²) in [6.07, 6.45) is 1.92. The van der Waals surface area contributed by atoms with Gasteiger partial charge in [0.1, 0.15) is 6.29 Å². The van der Waals surface area contributed by atoms with Gasteiger partial charge in [0.2, 0.25) is 0 Å². The molecule has 15 heavy (non-hydrogen) atoms. The molecule has 0 N–H and O–H groups in total. The molecule has 1 aromatic rings. The SMILES string of the molecule is O=CCCn1cc([N+](=O)[O-])cc(Br)c1=O. The van der Waals surface area contributed by atoms with Crippen LogP contribution in [0.15, 0.2) is 21.5 Å². The molecule has 0 radical (unpaired) electrons. The summed E-state index contributed by atoms with van der Waals surface area (Å²) in [6.45, 7) is 0.141. The van der Waals surface area contributed by atoms with Crippen molar-refractivity contribution in [1.29, 1.82) is 0 Å². The highest BCUT2D eigenvalue weighted by molar-refractivity contribution is 9.10. The lowest BCUT2D eigenvalue weighted by Gasteiger charge is -2.03. The third-order valence-electron chi connectivity index (χ3n) is 1.73. The maximum absolute atomic E-state index is 11.4. The third kappa shape index (κ3) is 2.72. The molecule has 0 aliphatic heterocycles. The summed E-state index contributed by atoms with van der Waals surface area (Å²) in [5.41, 5.74) is -0.574. The number of carbonyl (C=O) groups excluding carboxylic acids is 1. The van der Waals surface area contributed by atoms with E-state index in [1.54, 1.807) is 0 Å². The van der Waals surface area contributed by atoms with Crippen molar-refractivity contribution in [3.05, 3.63) is 37.2 Å². The maximum atomic E-state index is 11.4. The fourth-order valence-corrected chi connectivity index (χ4v) is 1.50. The summed E-state index contributed by atoms with van der Waals surface area (Å²) in [5, 5.41) is 10.5. The molecular formula is C8H7BrN2O4. The smallest absolute Gasteiger partial charge is 0.286 e. The van der Waals surface area contributed by atoms with Gasteiger partial charge in [-0.1, -0.05) is 0 Å². The zero-order valence-electron chi connectivity index (χ0n) is 7.55. The fraction of sp³-hybridized carbons (Fsp3) is 0.250. The Morgan fingerprint density at radius 3 is 2.80 bits per heavy atom. The second-order valence-corrected chi connectivity index (χ2v) is 3.61. The van der Waals surface area contributed by atoms with E-state index < -0.39 is 4.92 Å². The van der Waals surface area contributed by atoms with Crippen molar-refractivity contribution >= 4 is 27.9 Å². The molecule has 0 aliphatic carbocycles. The van der Waals surface area contributed by atoms with E-state index in [4.69, 9.17) is 0 Å². The number of rotatable bonds is 4. The predicted molar refractivity (Wildman–Crippen MR) is 55.7 cm³/mol. The molecule has 1 aromatic heterocycles. The van der Waals surface area contributed by atoms with E-state index in [1.165, 1.54) is 0 Å². The van der Waals surface area contributed by atoms with Gasteiger partial charge in [0.25, 0.3) is 11.2 Å². The lowest BCUT2D eigenvalue weighted by atomic mass is 10.4. The van der Waals surface area contributed by atoms with Gasteiger partial charge in [-0.15, -0.1) is 0 Å². The van der Waals surface area contributed by atoms with Crippen LogP contribution in [0, 0.1) is 10.1 Å². The maximum Gasteiger partial charge on any atom is 0.286 e. The number of carbonyl (C=O) groups is 1. The average Bonchev–Trinajstić information content (AvgIpc) is 2.19. The number of pyridine rings is 1. The summed E-state index contributed by atoms with van der Waals surface area (Å²) in [5.74, 6) is 0. The lowest BCUT2D eigenvalue weighted by Crippen LogP contribution is -2.20. The normalized spacial score (nSPS) is 9.93. The van der Waals surface area contributed by atoms with E-state index in [0.29, 0.717) is 6.29 Å². The third-order valence-corrected chi connectivity index (χ3v) is 2.29. The van der Waals surface area contributed by atoms with Crippen LogP contribution in [0.1, 0.15) is 6.42 Å². The summed E-state index contributed by atoms with van der Waals surface area (Å²) in [6, 6.07) is 1.14. The average molecular weight is 275 g/mol. The van der Waals surface area contributed by atoms with Crippen molar-refractivity contribution in [3.8, 4) is 0 Å². The molecule has 0 aliphatic rings. The molecule has 6 nitrogen and oxygen atoms in total. The molecule has 80 valence electrons. The van der Waals surface area contributed by atoms with Gasteiger partial charge in [0, 0.05) is 19.0 Å². The quantitative estimate of drug-likeness (QED) is 0.468. The Kier molecular flexibility index (Phi) is 3.73. The van der Waals surface area contributed by atoms with E-state index in [-0.39, 0.29) is 28.7 Å². The number of hydrogen-bond acceptors (Lipinski definition) is 4. The first-order valence-electron chi connectivity index (χ1n) is 4.04. The standard InChI is InChI=1S/C8H7BrN2O4/c9-7-4-6(11(14)15)5-10(8(7)13)2-1-3-12/h3-5H,1-2H2. The predicted octanol–water partition coefficient (Wildman–Crippen LogP) is 1.11. The number of hydrogen-bond donors (Lipinski definition) is 0. The topological polar surface area (TPSA) is 82.2 Å². The molecule has 7 heteroatoms. The largest absolute Gasteiger partial charge is 0.307 e. The molecule has 0 atom stereocenters. The first kappa shape index (κ1) is 11.6. The van der Waals surface area contributed by atoms with Gasteiger partial charge in [0.15, 0.2) is 0 Å². The summed E-state index contributed by atoms with van der Waals surface area (Å²) >= 11 is 2.93. The second kappa shape index (κ2) is 4.83. The Morgan fingerprint density at radius 1 is 1.60 bits per heavy atom. The van der Waals surface area contributed by atoms with Crippen LogP contribution in [0.3, 0.4) is 0 Å². The zero-order valence-corrected chi connectivity index (χ0v) is 9.14. The van der Waals surface area contributed by atoms with E-state index >= 15 is 0 Å². The molecule has 0 aromatic carbocycles. The van der Waals surface area contributed by atoms with Crippen LogP contribution < -0.4 is 5.56 Å². The minimum absolute atomic E-state index is 0.114. The van der Waals surface area contributed by atoms with E-state index in [2.05, 4.69) is 15.9 Å². The number of nitro groups is 1. The first-order chi connectivity index (χ1) is 7.06. The fourth-order valence-electron chi connectivity index (χ4n) is 1.04. The number of halogens is 1. The number of aromatic nitrogens is 1. The molecular weight excluding hydrogens is 268 g/mol. The summed E-state index contributed by atoms with van der Waals surface area (Å²) < 4.78 is 1.25. The Morgan fingerprint density at radius 2 is 2.27 bits per heavy atom. The highest BCUT2D eigenvalue weighted by atomic mass is 79.9. The van der Waals surface area contributed by atoms with Crippen molar-refractivity contribution in [2.45, 2.75) is 13.0 Å². The van der Waals surface area contributed by atoms with Crippen LogP contribution in [0.5, 0.6) is 0 Å². The van der Waals surface area contributed by atoms with E-state index in [9.17, 15) is 19.7 Å². The Hall–Kier alpha value is -1.50. The van der Waals surface area contributed by atoms with Gasteiger partial charge >= 0.3 is 0 Å². The molecule has 0 spiro atoms. The van der Waals surface area contributed by atoms with Gasteiger partial charge in [-0.05, 0) is 15.9 Å². The highest BCUT2D eigenvalue weighted by Crippen LogP contribution is 2.14. The van der Waals surface area contributed by atoms with Crippen LogP contribution in [0.2, 0.25) is 0 Å². The number of aryl methyl sites for hydroxylation is 1. The molecule has 0 saturated heterocycles. The molecule has 0 saturated carbocycles. The molecule has 0 bridgehead atoms. The number of nitrogens with zero attached hydrogens (tertiary/aromatic N) is 2. The van der Waals surface area contributed by atoms with Gasteiger partial charge in [-0.25, -0.2) is 0 Å². The molecule has 0 fully saturated rings. The van der Waals surface area contributed by atoms with E-state index in [0.717, 1.165) is 16.8 Å². The highest BCUT2D eigenvalue weighted by Gasteiger charge is 2.11. The van der Waals surface area contributed by atoms with Crippen LogP contribution in [0.4, 0.5) is 5.69 Å². The minimum Gasteiger partial charge on any atom is -0.307 e. The summed E-state index contributed by atoms with van der Waals surface area (Å²) in [4.78, 5) is 31.5. The number of aldehydes is 1. The van der Waals surface area contributed by atoms with Crippen LogP contribution in [-0.4, -0.2) is 15.8 Å². The van der Waals surface area contributed by atoms with Crippen molar-refractivity contribution in [2.24, 2.45) is 0 Å². The van der Waals surface area contributed by atoms with Crippen molar-refractivity contribution in [3.63, 3.8) is 0 Å². The van der Waals surface area contributed by atoms with Gasteiger partial charge in [0.05, 0.1) is 15.6 Å². The molecule has 0 unspecified atom stereocenters. The Bertz CT molecular complexity index is 454. The van der Waals surface area contributed by atoms with Crippen molar-refractivity contribution in [1.82, 2.24) is 4.57 Å². The lowest BCUT2D eigenvalue weighted by molar-refractivity contribution is -0.385. The van der Waals surface area contributed by atoms with Gasteiger partial charge in [-0.3, -0.25) is 14.9 Å². The monoisotopic (exact) mass is 274 g/mol. The summed E-state index contributed by atoms with van der Waals surface area (Å²) in [7, 11) is 0. The first-order valence-corrected chi connectivity index (χ1v) is 4.83. The zero-order chi connectivity index (χ0) is 11.4. The minimum atomic E-state index is -0.596.